The average Bonchev–Trinajstić information content (AvgIpc) is 2.71. The Bertz CT molecular complexity index is 1190. The molecule has 0 radical (unpaired) electrons. The molecule has 0 amide bonds. The number of hydrogen-bond acceptors (Lipinski definition) is 8. The molecule has 0 spiro atoms. The van der Waals surface area contributed by atoms with Gasteiger partial charge in [-0.2, -0.15) is 43.8 Å². The number of alkyl halides is 9. The van der Waals surface area contributed by atoms with Crippen molar-refractivity contribution in [3.05, 3.63) is 0 Å². The molecule has 0 aromatic heterocycles. The van der Waals surface area contributed by atoms with Gasteiger partial charge in [-0.15, -0.1) is 0 Å². The molecule has 0 saturated carbocycles. The van der Waals surface area contributed by atoms with Crippen molar-refractivity contribution in [2.45, 2.75) is 68.1 Å². The molecule has 0 aliphatic carbocycles. The lowest BCUT2D eigenvalue weighted by Crippen LogP contribution is -2.65. The average molecular weight is 625 g/mol. The summed E-state index contributed by atoms with van der Waals surface area (Å²) in [4.78, 5) is 12.1. The van der Waals surface area contributed by atoms with Gasteiger partial charge in [0.25, 0.3) is 20.0 Å². The van der Waals surface area contributed by atoms with Crippen LogP contribution in [0.4, 0.5) is 39.5 Å². The summed E-state index contributed by atoms with van der Waals surface area (Å²) in [6.45, 7) is 2.43. The molecule has 22 heteroatoms. The second kappa shape index (κ2) is 9.97. The number of sulfonamides is 3. The maximum absolute atomic E-state index is 14.4. The zero-order valence-corrected chi connectivity index (χ0v) is 21.4. The van der Waals surface area contributed by atoms with Crippen molar-refractivity contribution < 1.29 is 74.3 Å². The van der Waals surface area contributed by atoms with E-state index in [0.717, 1.165) is 0 Å². The minimum Gasteiger partial charge on any atom is -0.462 e. The molecule has 10 nitrogen and oxygen atoms in total. The first-order valence-corrected chi connectivity index (χ1v) is 14.2. The molecular formula is C15H21F9N2O8S3. The summed E-state index contributed by atoms with van der Waals surface area (Å²) >= 11 is 0. The zero-order valence-electron chi connectivity index (χ0n) is 19.0. The lowest BCUT2D eigenvalue weighted by atomic mass is 9.90. The molecule has 220 valence electrons. The number of carbonyl (C=O) groups is 1. The molecule has 0 bridgehead atoms. The largest absolute Gasteiger partial charge is 0.512 e. The van der Waals surface area contributed by atoms with E-state index in [1.807, 2.05) is 0 Å². The summed E-state index contributed by atoms with van der Waals surface area (Å²) < 4.78 is 194. The van der Waals surface area contributed by atoms with Gasteiger partial charge >= 0.3 is 37.9 Å². The summed E-state index contributed by atoms with van der Waals surface area (Å²) in [6.07, 6.45) is -1.91. The normalized spacial score (nSPS) is 18.6. The van der Waals surface area contributed by atoms with Crippen LogP contribution in [0.15, 0.2) is 0 Å². The highest BCUT2D eigenvalue weighted by atomic mass is 32.3. The van der Waals surface area contributed by atoms with Gasteiger partial charge in [0.05, 0.1) is 5.41 Å². The molecule has 1 heterocycles. The number of nitrogens with one attached hydrogen (secondary N) is 1. The van der Waals surface area contributed by atoms with Gasteiger partial charge in [-0.25, -0.2) is 25.3 Å². The maximum Gasteiger partial charge on any atom is 0.512 e. The van der Waals surface area contributed by atoms with Gasteiger partial charge in [0.1, 0.15) is 6.10 Å². The Kier molecular flexibility index (Phi) is 9.07. The molecule has 1 saturated heterocycles. The summed E-state index contributed by atoms with van der Waals surface area (Å²) in [6, 6.07) is 0. The second-order valence-corrected chi connectivity index (χ2v) is 14.0. The Morgan fingerprint density at radius 2 is 1.27 bits per heavy atom. The zero-order chi connectivity index (χ0) is 29.7. The number of esters is 1. The quantitative estimate of drug-likeness (QED) is 0.288. The third-order valence-corrected chi connectivity index (χ3v) is 10.6. The Morgan fingerprint density at radius 1 is 0.838 bits per heavy atom. The fourth-order valence-electron chi connectivity index (χ4n) is 2.55. The first-order chi connectivity index (χ1) is 16.1. The number of ether oxygens (including phenoxy) is 1. The molecule has 1 N–H and O–H groups in total. The molecule has 1 rings (SSSR count). The Balaban J connectivity index is 3.24. The molecule has 1 aliphatic rings. The number of halogens is 9. The van der Waals surface area contributed by atoms with E-state index in [2.05, 4.69) is 0 Å². The van der Waals surface area contributed by atoms with E-state index in [-0.39, 0.29) is 0 Å². The third-order valence-electron chi connectivity index (χ3n) is 5.37. The molecule has 0 unspecified atom stereocenters. The lowest BCUT2D eigenvalue weighted by Gasteiger charge is -2.37. The molecule has 1 fully saturated rings. The third kappa shape index (κ3) is 5.96. The molecule has 37 heavy (non-hydrogen) atoms. The fraction of sp³-hybridized carbons (Fsp3) is 0.933. The number of hydrogen-bond donors (Lipinski definition) is 1. The summed E-state index contributed by atoms with van der Waals surface area (Å²) in [5, 5.41) is -14.4. The molecule has 0 aromatic carbocycles. The standard InChI is InChI=1S/C15H21F9N2O8S3/c1-4-11(2,3)10(27)34-9-5-7-26(8-6-9)37(32,33)14(20,21)12(16,17)13(18,19)35(28,29)25-36(30,31)15(22,23)24/h9,25H,4-8H2,1-3H3. The van der Waals surface area contributed by atoms with Crippen LogP contribution in [0.1, 0.15) is 40.0 Å². The van der Waals surface area contributed by atoms with Crippen LogP contribution in [-0.4, -0.2) is 76.7 Å². The van der Waals surface area contributed by atoms with Crippen molar-refractivity contribution in [3.63, 3.8) is 0 Å². The number of nitrogens with zero attached hydrogens (tertiary/aromatic N) is 1. The maximum atomic E-state index is 14.4. The minimum absolute atomic E-state index is 0.302. The first-order valence-electron chi connectivity index (χ1n) is 9.81. The van der Waals surface area contributed by atoms with Crippen LogP contribution in [0.2, 0.25) is 0 Å². The summed E-state index contributed by atoms with van der Waals surface area (Å²) in [7, 11) is -22.0. The molecule has 0 atom stereocenters. The van der Waals surface area contributed by atoms with Crippen molar-refractivity contribution in [1.29, 1.82) is 0 Å². The molecule has 1 aliphatic heterocycles. The van der Waals surface area contributed by atoms with Crippen LogP contribution in [-0.2, 0) is 39.6 Å². The minimum atomic E-state index is -7.83. The Labute approximate surface area is 205 Å². The van der Waals surface area contributed by atoms with Crippen LogP contribution in [0, 0.1) is 5.41 Å². The molecule has 0 aromatic rings. The van der Waals surface area contributed by atoms with Crippen LogP contribution in [0.5, 0.6) is 0 Å². The van der Waals surface area contributed by atoms with Crippen LogP contribution in [0.3, 0.4) is 0 Å². The van der Waals surface area contributed by atoms with Crippen molar-refractivity contribution in [2.24, 2.45) is 5.41 Å². The highest BCUT2D eigenvalue weighted by Crippen LogP contribution is 2.51. The van der Waals surface area contributed by atoms with E-state index in [9.17, 15) is 69.6 Å². The SMILES string of the molecule is CCC(C)(C)C(=O)OC1CCN(S(=O)(=O)C(F)(F)C(F)(F)C(F)(F)S(=O)(=O)NS(=O)(=O)C(F)(F)F)CC1. The number of piperidine rings is 1. The van der Waals surface area contributed by atoms with E-state index in [4.69, 9.17) is 4.74 Å². The smallest absolute Gasteiger partial charge is 0.462 e. The van der Waals surface area contributed by atoms with Crippen LogP contribution in [0.25, 0.3) is 0 Å². The monoisotopic (exact) mass is 624 g/mol. The van der Waals surface area contributed by atoms with Gasteiger partial charge in [0.2, 0.25) is 0 Å². The fourth-order valence-corrected chi connectivity index (χ4v) is 6.50. The van der Waals surface area contributed by atoms with E-state index in [1.54, 1.807) is 6.92 Å². The first kappa shape index (κ1) is 33.6. The van der Waals surface area contributed by atoms with E-state index in [1.165, 1.54) is 13.8 Å². The highest BCUT2D eigenvalue weighted by molar-refractivity contribution is 8.05. The van der Waals surface area contributed by atoms with Gasteiger partial charge in [-0.1, -0.05) is 11.1 Å². The van der Waals surface area contributed by atoms with E-state index in [0.29, 0.717) is 6.42 Å². The van der Waals surface area contributed by atoms with Gasteiger partial charge in [0.15, 0.2) is 0 Å². The number of carbonyl (C=O) groups excluding carboxylic acids is 1. The Morgan fingerprint density at radius 3 is 1.65 bits per heavy atom. The molecular weight excluding hydrogens is 603 g/mol. The summed E-state index contributed by atoms with van der Waals surface area (Å²) in [5.74, 6) is -8.25. The highest BCUT2D eigenvalue weighted by Gasteiger charge is 2.83. The van der Waals surface area contributed by atoms with Crippen LogP contribution < -0.4 is 4.13 Å². The van der Waals surface area contributed by atoms with Crippen molar-refractivity contribution in [1.82, 2.24) is 8.43 Å². The van der Waals surface area contributed by atoms with Gasteiger partial charge in [-0.3, -0.25) is 4.79 Å². The number of rotatable bonds is 10. The van der Waals surface area contributed by atoms with E-state index < -0.39 is 104 Å². The van der Waals surface area contributed by atoms with Gasteiger partial charge in [0, 0.05) is 13.1 Å². The van der Waals surface area contributed by atoms with Crippen molar-refractivity contribution >= 4 is 36.0 Å². The van der Waals surface area contributed by atoms with Gasteiger partial charge < -0.3 is 4.74 Å². The van der Waals surface area contributed by atoms with Crippen molar-refractivity contribution in [2.75, 3.05) is 13.1 Å². The topological polar surface area (TPSA) is 144 Å². The predicted molar refractivity (Wildman–Crippen MR) is 106 cm³/mol. The lowest BCUT2D eigenvalue weighted by molar-refractivity contribution is -0.245. The Hall–Kier alpha value is -1.39. The van der Waals surface area contributed by atoms with E-state index >= 15 is 0 Å². The summed E-state index contributed by atoms with van der Waals surface area (Å²) in [5.41, 5.74) is -7.65. The second-order valence-electron chi connectivity index (χ2n) is 8.39. The van der Waals surface area contributed by atoms with Gasteiger partial charge in [-0.05, 0) is 33.1 Å². The van der Waals surface area contributed by atoms with Crippen LogP contribution >= 0.6 is 0 Å². The van der Waals surface area contributed by atoms with Crippen molar-refractivity contribution in [3.8, 4) is 0 Å². The predicted octanol–water partition coefficient (Wildman–Crippen LogP) is 2.35.